The molecule has 0 unspecified atom stereocenters. The molecule has 0 aliphatic heterocycles. The summed E-state index contributed by atoms with van der Waals surface area (Å²) in [6.45, 7) is 0. The predicted molar refractivity (Wildman–Crippen MR) is 85.1 cm³/mol. The first-order chi connectivity index (χ1) is 10.7. The van der Waals surface area contributed by atoms with Crippen LogP contribution in [-0.2, 0) is 4.74 Å². The van der Waals surface area contributed by atoms with Crippen molar-refractivity contribution in [2.24, 2.45) is 0 Å². The summed E-state index contributed by atoms with van der Waals surface area (Å²) in [4.78, 5) is 27.0. The number of ether oxygens (including phenoxy) is 1. The molecule has 5 heteroatoms. The molecule has 3 rings (SSSR count). The minimum atomic E-state index is -0.257. The number of aromatic nitrogens is 1. The number of rotatable bonds is 3. The number of aromatic amines is 1. The molecular formula is C17H20N2O3. The van der Waals surface area contributed by atoms with Gasteiger partial charge in [-0.25, -0.2) is 0 Å². The number of carbonyl (C=O) groups is 1. The molecule has 1 heterocycles. The maximum absolute atomic E-state index is 12.5. The van der Waals surface area contributed by atoms with Crippen molar-refractivity contribution < 1.29 is 9.53 Å². The van der Waals surface area contributed by atoms with Crippen LogP contribution in [0.3, 0.4) is 0 Å². The lowest BCUT2D eigenvalue weighted by atomic mass is 9.92. The van der Waals surface area contributed by atoms with E-state index in [0.29, 0.717) is 17.2 Å². The second kappa shape index (κ2) is 6.32. The second-order valence-electron chi connectivity index (χ2n) is 5.78. The zero-order valence-corrected chi connectivity index (χ0v) is 12.6. The van der Waals surface area contributed by atoms with Crippen LogP contribution in [0.5, 0.6) is 0 Å². The summed E-state index contributed by atoms with van der Waals surface area (Å²) >= 11 is 0. The molecule has 0 atom stereocenters. The Morgan fingerprint density at radius 3 is 2.68 bits per heavy atom. The molecule has 1 aliphatic carbocycles. The fourth-order valence-corrected chi connectivity index (χ4v) is 3.10. The van der Waals surface area contributed by atoms with E-state index in [4.69, 9.17) is 4.74 Å². The van der Waals surface area contributed by atoms with E-state index in [0.717, 1.165) is 31.1 Å². The number of hydrogen-bond donors (Lipinski definition) is 2. The van der Waals surface area contributed by atoms with Gasteiger partial charge in [-0.15, -0.1) is 0 Å². The molecule has 1 aromatic heterocycles. The Balaban J connectivity index is 1.80. The van der Waals surface area contributed by atoms with Crippen LogP contribution in [0.25, 0.3) is 10.9 Å². The zero-order chi connectivity index (χ0) is 15.5. The van der Waals surface area contributed by atoms with Crippen molar-refractivity contribution in [1.29, 1.82) is 0 Å². The molecule has 1 aliphatic rings. The van der Waals surface area contributed by atoms with Crippen molar-refractivity contribution in [3.63, 3.8) is 0 Å². The average Bonchev–Trinajstić information content (AvgIpc) is 2.54. The number of carbonyl (C=O) groups excluding carboxylic acids is 1. The molecule has 1 fully saturated rings. The van der Waals surface area contributed by atoms with Gasteiger partial charge in [-0.3, -0.25) is 9.59 Å². The van der Waals surface area contributed by atoms with Crippen molar-refractivity contribution in [2.45, 2.75) is 37.8 Å². The van der Waals surface area contributed by atoms with Gasteiger partial charge < -0.3 is 15.0 Å². The van der Waals surface area contributed by atoms with Crippen LogP contribution in [0.2, 0.25) is 0 Å². The smallest absolute Gasteiger partial charge is 0.252 e. The minimum Gasteiger partial charge on any atom is -0.381 e. The van der Waals surface area contributed by atoms with Crippen molar-refractivity contribution in [3.8, 4) is 0 Å². The predicted octanol–water partition coefficient (Wildman–Crippen LogP) is 2.22. The summed E-state index contributed by atoms with van der Waals surface area (Å²) < 4.78 is 5.34. The van der Waals surface area contributed by atoms with Crippen molar-refractivity contribution in [1.82, 2.24) is 10.3 Å². The lowest BCUT2D eigenvalue weighted by Gasteiger charge is -2.28. The fraction of sp³-hybridized carbons (Fsp3) is 0.412. The molecule has 0 bridgehead atoms. The van der Waals surface area contributed by atoms with Gasteiger partial charge in [0.2, 0.25) is 5.56 Å². The number of H-pyrrole nitrogens is 1. The van der Waals surface area contributed by atoms with Crippen LogP contribution in [0, 0.1) is 0 Å². The van der Waals surface area contributed by atoms with Crippen LogP contribution in [-0.4, -0.2) is 30.1 Å². The quantitative estimate of drug-likeness (QED) is 0.913. The molecule has 0 radical (unpaired) electrons. The van der Waals surface area contributed by atoms with Gasteiger partial charge in [0.15, 0.2) is 0 Å². The molecule has 0 spiro atoms. The topological polar surface area (TPSA) is 71.2 Å². The Bertz CT molecular complexity index is 730. The lowest BCUT2D eigenvalue weighted by molar-refractivity contribution is 0.0599. The maximum Gasteiger partial charge on any atom is 0.252 e. The first-order valence-corrected chi connectivity index (χ1v) is 7.63. The highest BCUT2D eigenvalue weighted by Crippen LogP contribution is 2.21. The van der Waals surface area contributed by atoms with Crippen LogP contribution in [0.4, 0.5) is 0 Å². The highest BCUT2D eigenvalue weighted by Gasteiger charge is 2.23. The van der Waals surface area contributed by atoms with Gasteiger partial charge in [0.05, 0.1) is 11.7 Å². The van der Waals surface area contributed by atoms with Gasteiger partial charge in [0.1, 0.15) is 0 Å². The normalized spacial score (nSPS) is 21.7. The standard InChI is InChI=1S/C17H20N2O3/c1-22-12-8-6-11(7-9-12)18-17(21)14-10-16(20)19-15-5-3-2-4-13(14)15/h2-5,10-12H,6-9H2,1H3,(H,18,21)(H,19,20). The number of fused-ring (bicyclic) bond motifs is 1. The van der Waals surface area contributed by atoms with E-state index >= 15 is 0 Å². The van der Waals surface area contributed by atoms with Crippen molar-refractivity contribution in [3.05, 3.63) is 46.2 Å². The Morgan fingerprint density at radius 2 is 1.95 bits per heavy atom. The Hall–Kier alpha value is -2.14. The Kier molecular flexibility index (Phi) is 4.24. The van der Waals surface area contributed by atoms with Crippen molar-refractivity contribution in [2.75, 3.05) is 7.11 Å². The third kappa shape index (κ3) is 3.04. The van der Waals surface area contributed by atoms with Gasteiger partial charge in [-0.1, -0.05) is 18.2 Å². The first-order valence-electron chi connectivity index (χ1n) is 7.63. The number of amides is 1. The lowest BCUT2D eigenvalue weighted by Crippen LogP contribution is -2.39. The largest absolute Gasteiger partial charge is 0.381 e. The third-order valence-electron chi connectivity index (χ3n) is 4.34. The van der Waals surface area contributed by atoms with E-state index in [1.807, 2.05) is 18.2 Å². The summed E-state index contributed by atoms with van der Waals surface area (Å²) in [6, 6.07) is 8.88. The average molecular weight is 300 g/mol. The maximum atomic E-state index is 12.5. The second-order valence-corrected chi connectivity index (χ2v) is 5.78. The molecule has 2 aromatic rings. The van der Waals surface area contributed by atoms with Crippen LogP contribution >= 0.6 is 0 Å². The molecule has 1 aromatic carbocycles. The molecule has 1 amide bonds. The first kappa shape index (κ1) is 14.8. The number of para-hydroxylation sites is 1. The number of hydrogen-bond acceptors (Lipinski definition) is 3. The molecule has 1 saturated carbocycles. The Morgan fingerprint density at radius 1 is 1.23 bits per heavy atom. The van der Waals surface area contributed by atoms with Crippen molar-refractivity contribution >= 4 is 16.8 Å². The summed E-state index contributed by atoms with van der Waals surface area (Å²) in [6.07, 6.45) is 4.03. The van der Waals surface area contributed by atoms with E-state index in [1.54, 1.807) is 13.2 Å². The molecule has 22 heavy (non-hydrogen) atoms. The Labute approximate surface area is 128 Å². The molecule has 5 nitrogen and oxygen atoms in total. The SMILES string of the molecule is COC1CCC(NC(=O)c2cc(=O)[nH]c3ccccc23)CC1. The molecule has 0 saturated heterocycles. The number of methoxy groups -OCH3 is 1. The fourth-order valence-electron chi connectivity index (χ4n) is 3.10. The summed E-state index contributed by atoms with van der Waals surface area (Å²) in [5, 5.41) is 3.82. The van der Waals surface area contributed by atoms with Crippen LogP contribution < -0.4 is 10.9 Å². The molecule has 116 valence electrons. The van der Waals surface area contributed by atoms with Gasteiger partial charge in [0.25, 0.3) is 5.91 Å². The summed E-state index contributed by atoms with van der Waals surface area (Å²) in [7, 11) is 1.73. The monoisotopic (exact) mass is 300 g/mol. The zero-order valence-electron chi connectivity index (χ0n) is 12.6. The summed E-state index contributed by atoms with van der Waals surface area (Å²) in [5.74, 6) is -0.178. The van der Waals surface area contributed by atoms with Gasteiger partial charge in [-0.2, -0.15) is 0 Å². The number of nitrogens with one attached hydrogen (secondary N) is 2. The van der Waals surface area contributed by atoms with E-state index < -0.39 is 0 Å². The van der Waals surface area contributed by atoms with Crippen LogP contribution in [0.15, 0.2) is 35.1 Å². The van der Waals surface area contributed by atoms with Gasteiger partial charge >= 0.3 is 0 Å². The van der Waals surface area contributed by atoms with Crippen LogP contribution in [0.1, 0.15) is 36.0 Å². The van der Waals surface area contributed by atoms with E-state index in [-0.39, 0.29) is 17.5 Å². The molecular weight excluding hydrogens is 280 g/mol. The number of benzene rings is 1. The third-order valence-corrected chi connectivity index (χ3v) is 4.34. The molecule has 2 N–H and O–H groups in total. The van der Waals surface area contributed by atoms with Gasteiger partial charge in [-0.05, 0) is 31.7 Å². The highest BCUT2D eigenvalue weighted by atomic mass is 16.5. The van der Waals surface area contributed by atoms with E-state index in [9.17, 15) is 9.59 Å². The van der Waals surface area contributed by atoms with E-state index in [2.05, 4.69) is 10.3 Å². The van der Waals surface area contributed by atoms with E-state index in [1.165, 1.54) is 6.07 Å². The summed E-state index contributed by atoms with van der Waals surface area (Å²) in [5.41, 5.74) is 0.864. The van der Waals surface area contributed by atoms with Gasteiger partial charge in [0, 0.05) is 30.1 Å². The number of pyridine rings is 1. The highest BCUT2D eigenvalue weighted by molar-refractivity contribution is 6.06. The minimum absolute atomic E-state index is 0.150.